The minimum atomic E-state index is -0.0798. The number of aryl methyl sites for hydroxylation is 1. The van der Waals surface area contributed by atoms with Crippen LogP contribution < -0.4 is 10.1 Å². The van der Waals surface area contributed by atoms with Crippen LogP contribution in [0.1, 0.15) is 28.8 Å². The number of carbonyl (C=O) groups is 1. The van der Waals surface area contributed by atoms with E-state index in [1.165, 1.54) is 0 Å². The van der Waals surface area contributed by atoms with Crippen molar-refractivity contribution in [3.05, 3.63) is 29.3 Å². The van der Waals surface area contributed by atoms with Crippen molar-refractivity contribution in [3.8, 4) is 5.75 Å². The molecule has 4 nitrogen and oxygen atoms in total. The summed E-state index contributed by atoms with van der Waals surface area (Å²) in [4.78, 5) is 12.0. The third kappa shape index (κ3) is 3.01. The summed E-state index contributed by atoms with van der Waals surface area (Å²) in [6, 6.07) is 5.46. The summed E-state index contributed by atoms with van der Waals surface area (Å²) in [6.45, 7) is 3.33. The molecule has 1 aliphatic heterocycles. The second-order valence-electron chi connectivity index (χ2n) is 4.53. The van der Waals surface area contributed by atoms with E-state index < -0.39 is 0 Å². The molecule has 1 aliphatic rings. The first-order chi connectivity index (χ1) is 8.70. The maximum absolute atomic E-state index is 12.0. The number of methoxy groups -OCH3 is 1. The molecular weight excluding hydrogens is 230 g/mol. The molecule has 1 fully saturated rings. The fraction of sp³-hybridized carbons (Fsp3) is 0.500. The zero-order valence-electron chi connectivity index (χ0n) is 10.9. The molecule has 0 spiro atoms. The molecule has 4 heteroatoms. The van der Waals surface area contributed by atoms with Crippen molar-refractivity contribution >= 4 is 5.91 Å². The fourth-order valence-electron chi connectivity index (χ4n) is 2.08. The number of rotatable bonds is 4. The smallest absolute Gasteiger partial charge is 0.251 e. The highest BCUT2D eigenvalue weighted by Gasteiger charge is 2.16. The Morgan fingerprint density at radius 1 is 1.56 bits per heavy atom. The molecular formula is C14H19NO3. The molecule has 0 radical (unpaired) electrons. The molecule has 1 aromatic carbocycles. The SMILES string of the molecule is COc1cc(C(=O)NC[C@@H]2CCCO2)ccc1C. The molecule has 0 aromatic heterocycles. The van der Waals surface area contributed by atoms with Gasteiger partial charge in [-0.15, -0.1) is 0 Å². The van der Waals surface area contributed by atoms with Crippen LogP contribution in [0.5, 0.6) is 5.75 Å². The van der Waals surface area contributed by atoms with Gasteiger partial charge in [-0.3, -0.25) is 4.79 Å². The predicted molar refractivity (Wildman–Crippen MR) is 69.0 cm³/mol. The molecule has 1 atom stereocenters. The quantitative estimate of drug-likeness (QED) is 0.886. The summed E-state index contributed by atoms with van der Waals surface area (Å²) >= 11 is 0. The van der Waals surface area contributed by atoms with E-state index in [0.717, 1.165) is 30.8 Å². The van der Waals surface area contributed by atoms with Crippen LogP contribution in [0.2, 0.25) is 0 Å². The van der Waals surface area contributed by atoms with Crippen molar-refractivity contribution in [2.24, 2.45) is 0 Å². The highest BCUT2D eigenvalue weighted by molar-refractivity contribution is 5.94. The molecule has 0 unspecified atom stereocenters. The van der Waals surface area contributed by atoms with Gasteiger partial charge in [0.05, 0.1) is 13.2 Å². The Morgan fingerprint density at radius 2 is 2.39 bits per heavy atom. The Labute approximate surface area is 107 Å². The van der Waals surface area contributed by atoms with Gasteiger partial charge in [0.2, 0.25) is 0 Å². The van der Waals surface area contributed by atoms with Crippen LogP contribution in [-0.2, 0) is 4.74 Å². The largest absolute Gasteiger partial charge is 0.496 e. The summed E-state index contributed by atoms with van der Waals surface area (Å²) in [5, 5.41) is 2.89. The lowest BCUT2D eigenvalue weighted by atomic mass is 10.1. The van der Waals surface area contributed by atoms with Gasteiger partial charge in [-0.05, 0) is 37.5 Å². The average molecular weight is 249 g/mol. The van der Waals surface area contributed by atoms with E-state index in [-0.39, 0.29) is 12.0 Å². The van der Waals surface area contributed by atoms with Crippen LogP contribution >= 0.6 is 0 Å². The lowest BCUT2D eigenvalue weighted by Crippen LogP contribution is -2.31. The van der Waals surface area contributed by atoms with E-state index in [0.29, 0.717) is 12.1 Å². The molecule has 0 bridgehead atoms. The molecule has 98 valence electrons. The van der Waals surface area contributed by atoms with Crippen molar-refractivity contribution in [1.82, 2.24) is 5.32 Å². The van der Waals surface area contributed by atoms with E-state index in [1.54, 1.807) is 13.2 Å². The minimum Gasteiger partial charge on any atom is -0.496 e. The molecule has 1 saturated heterocycles. The van der Waals surface area contributed by atoms with E-state index >= 15 is 0 Å². The number of ether oxygens (including phenoxy) is 2. The summed E-state index contributed by atoms with van der Waals surface area (Å²) in [6.07, 6.45) is 2.28. The van der Waals surface area contributed by atoms with Crippen LogP contribution in [0.4, 0.5) is 0 Å². The van der Waals surface area contributed by atoms with Crippen molar-refractivity contribution in [1.29, 1.82) is 0 Å². The van der Waals surface area contributed by atoms with Crippen LogP contribution in [0.25, 0.3) is 0 Å². The summed E-state index contributed by atoms with van der Waals surface area (Å²) in [5.41, 5.74) is 1.64. The maximum Gasteiger partial charge on any atom is 0.251 e. The van der Waals surface area contributed by atoms with Gasteiger partial charge in [-0.2, -0.15) is 0 Å². The van der Waals surface area contributed by atoms with Crippen molar-refractivity contribution < 1.29 is 14.3 Å². The van der Waals surface area contributed by atoms with Gasteiger partial charge in [0.25, 0.3) is 5.91 Å². The van der Waals surface area contributed by atoms with Gasteiger partial charge >= 0.3 is 0 Å². The zero-order chi connectivity index (χ0) is 13.0. The number of amides is 1. The van der Waals surface area contributed by atoms with Gasteiger partial charge in [0.15, 0.2) is 0 Å². The first-order valence-electron chi connectivity index (χ1n) is 6.25. The average Bonchev–Trinajstić information content (AvgIpc) is 2.89. The molecule has 0 saturated carbocycles. The second kappa shape index (κ2) is 5.87. The second-order valence-corrected chi connectivity index (χ2v) is 4.53. The number of benzene rings is 1. The number of carbonyl (C=O) groups excluding carboxylic acids is 1. The third-order valence-corrected chi connectivity index (χ3v) is 3.18. The van der Waals surface area contributed by atoms with Crippen molar-refractivity contribution in [2.75, 3.05) is 20.3 Å². The molecule has 1 aromatic rings. The topological polar surface area (TPSA) is 47.6 Å². The van der Waals surface area contributed by atoms with E-state index in [4.69, 9.17) is 9.47 Å². The first kappa shape index (κ1) is 12.9. The van der Waals surface area contributed by atoms with Gasteiger partial charge in [-0.25, -0.2) is 0 Å². The van der Waals surface area contributed by atoms with Gasteiger partial charge < -0.3 is 14.8 Å². The number of hydrogen-bond acceptors (Lipinski definition) is 3. The normalized spacial score (nSPS) is 18.7. The molecule has 2 rings (SSSR count). The van der Waals surface area contributed by atoms with Crippen LogP contribution in [0.3, 0.4) is 0 Å². The Hall–Kier alpha value is -1.55. The number of hydrogen-bond donors (Lipinski definition) is 1. The standard InChI is InChI=1S/C14H19NO3/c1-10-5-6-11(8-13(10)17-2)14(16)15-9-12-4-3-7-18-12/h5-6,8,12H,3-4,7,9H2,1-2H3,(H,15,16)/t12-/m0/s1. The van der Waals surface area contributed by atoms with E-state index in [2.05, 4.69) is 5.32 Å². The highest BCUT2D eigenvalue weighted by atomic mass is 16.5. The highest BCUT2D eigenvalue weighted by Crippen LogP contribution is 2.19. The third-order valence-electron chi connectivity index (χ3n) is 3.18. The Balaban J connectivity index is 1.95. The Kier molecular flexibility index (Phi) is 4.20. The molecule has 1 N–H and O–H groups in total. The lowest BCUT2D eigenvalue weighted by Gasteiger charge is -2.12. The minimum absolute atomic E-state index is 0.0798. The van der Waals surface area contributed by atoms with Crippen LogP contribution in [0, 0.1) is 6.92 Å². The molecule has 1 heterocycles. The predicted octanol–water partition coefficient (Wildman–Crippen LogP) is 1.91. The van der Waals surface area contributed by atoms with Gasteiger partial charge in [0.1, 0.15) is 5.75 Å². The Bertz CT molecular complexity index is 425. The zero-order valence-corrected chi connectivity index (χ0v) is 10.9. The monoisotopic (exact) mass is 249 g/mol. The summed E-state index contributed by atoms with van der Waals surface area (Å²) in [5.74, 6) is 0.656. The number of nitrogens with one attached hydrogen (secondary N) is 1. The van der Waals surface area contributed by atoms with Crippen LogP contribution in [0.15, 0.2) is 18.2 Å². The van der Waals surface area contributed by atoms with E-state index in [9.17, 15) is 4.79 Å². The summed E-state index contributed by atoms with van der Waals surface area (Å²) in [7, 11) is 1.61. The van der Waals surface area contributed by atoms with Crippen molar-refractivity contribution in [3.63, 3.8) is 0 Å². The van der Waals surface area contributed by atoms with Crippen molar-refractivity contribution in [2.45, 2.75) is 25.9 Å². The molecule has 18 heavy (non-hydrogen) atoms. The summed E-state index contributed by atoms with van der Waals surface area (Å²) < 4.78 is 10.7. The fourth-order valence-corrected chi connectivity index (χ4v) is 2.08. The van der Waals surface area contributed by atoms with Gasteiger partial charge in [-0.1, -0.05) is 6.07 Å². The van der Waals surface area contributed by atoms with Gasteiger partial charge in [0, 0.05) is 18.7 Å². The van der Waals surface area contributed by atoms with Crippen LogP contribution in [-0.4, -0.2) is 32.3 Å². The Morgan fingerprint density at radius 3 is 3.06 bits per heavy atom. The maximum atomic E-state index is 12.0. The molecule has 1 amide bonds. The first-order valence-corrected chi connectivity index (χ1v) is 6.25. The molecule has 0 aliphatic carbocycles. The lowest BCUT2D eigenvalue weighted by molar-refractivity contribution is 0.0857. The van der Waals surface area contributed by atoms with E-state index in [1.807, 2.05) is 19.1 Å².